The van der Waals surface area contributed by atoms with Gasteiger partial charge in [0.25, 0.3) is 5.91 Å². The molecule has 2 aromatic heterocycles. The van der Waals surface area contributed by atoms with Crippen LogP contribution in [0.3, 0.4) is 0 Å². The number of rotatable bonds is 6. The average molecular weight is 493 g/mol. The van der Waals surface area contributed by atoms with Crippen LogP contribution in [0.15, 0.2) is 18.3 Å². The van der Waals surface area contributed by atoms with Crippen LogP contribution >= 0.6 is 0 Å². The summed E-state index contributed by atoms with van der Waals surface area (Å²) in [6.07, 6.45) is -2.18. The van der Waals surface area contributed by atoms with Gasteiger partial charge in [-0.05, 0) is 44.7 Å². The molecular formula is C23H26F3N5O4. The van der Waals surface area contributed by atoms with Crippen LogP contribution in [-0.4, -0.2) is 52.1 Å². The largest absolute Gasteiger partial charge is 0.489 e. The zero-order chi connectivity index (χ0) is 25.5. The van der Waals surface area contributed by atoms with Gasteiger partial charge in [0, 0.05) is 20.4 Å². The number of aromatic nitrogens is 3. The number of alkyl halides is 3. The molecule has 35 heavy (non-hydrogen) atoms. The van der Waals surface area contributed by atoms with Crippen LogP contribution in [0, 0.1) is 12.8 Å². The molecule has 1 aliphatic heterocycles. The minimum absolute atomic E-state index is 0.117. The van der Waals surface area contributed by atoms with Crippen molar-refractivity contribution in [2.75, 3.05) is 17.3 Å². The molecule has 1 fully saturated rings. The molecule has 12 heteroatoms. The Labute approximate surface area is 200 Å². The smallest absolute Gasteiger partial charge is 0.433 e. The summed E-state index contributed by atoms with van der Waals surface area (Å²) in [6.45, 7) is 4.74. The van der Waals surface area contributed by atoms with Crippen LogP contribution in [-0.2, 0) is 26.9 Å². The van der Waals surface area contributed by atoms with E-state index in [0.717, 1.165) is 12.3 Å². The number of hydrogen-bond acceptors (Lipinski definition) is 8. The molecule has 0 bridgehead atoms. The SMILES string of the molecule is CC(=O)O[C@@H](C)[C@H]1C(=O)Nc2c(C)nc(CC3CC(Oc4ccc(C(F)(F)F)nc4)C3)nc2N1C. The zero-order valence-corrected chi connectivity index (χ0v) is 19.7. The number of fused-ring (bicyclic) bond motifs is 1. The lowest BCUT2D eigenvalue weighted by Gasteiger charge is -2.38. The number of pyridine rings is 1. The molecule has 2 aromatic rings. The van der Waals surface area contributed by atoms with E-state index in [-0.39, 0.29) is 17.9 Å². The van der Waals surface area contributed by atoms with Crippen LogP contribution in [0.2, 0.25) is 0 Å². The van der Waals surface area contributed by atoms with Crippen molar-refractivity contribution in [3.8, 4) is 5.75 Å². The van der Waals surface area contributed by atoms with Crippen LogP contribution in [0.5, 0.6) is 5.75 Å². The number of hydrogen-bond donors (Lipinski definition) is 1. The molecular weight excluding hydrogens is 467 g/mol. The Morgan fingerprint density at radius 2 is 2.00 bits per heavy atom. The Kier molecular flexibility index (Phi) is 6.56. The van der Waals surface area contributed by atoms with Gasteiger partial charge in [-0.15, -0.1) is 0 Å². The molecule has 2 aliphatic rings. The van der Waals surface area contributed by atoms with Gasteiger partial charge in [0.05, 0.1) is 18.0 Å². The molecule has 188 valence electrons. The van der Waals surface area contributed by atoms with E-state index in [1.165, 1.54) is 13.0 Å². The second-order valence-corrected chi connectivity index (χ2v) is 8.94. The number of amides is 1. The maximum atomic E-state index is 12.6. The monoisotopic (exact) mass is 493 g/mol. The van der Waals surface area contributed by atoms with Crippen molar-refractivity contribution in [2.45, 2.75) is 64.5 Å². The van der Waals surface area contributed by atoms with Gasteiger partial charge >= 0.3 is 12.1 Å². The van der Waals surface area contributed by atoms with E-state index in [2.05, 4.69) is 20.3 Å². The Balaban J connectivity index is 1.39. The first kappa shape index (κ1) is 24.7. The van der Waals surface area contributed by atoms with Gasteiger partial charge in [-0.1, -0.05) is 0 Å². The first-order chi connectivity index (χ1) is 16.4. The minimum Gasteiger partial charge on any atom is -0.489 e. The number of anilines is 2. The van der Waals surface area contributed by atoms with Crippen molar-refractivity contribution in [1.82, 2.24) is 15.0 Å². The van der Waals surface area contributed by atoms with Crippen molar-refractivity contribution in [2.24, 2.45) is 5.92 Å². The number of nitrogens with zero attached hydrogens (tertiary/aromatic N) is 4. The number of nitrogens with one attached hydrogen (secondary N) is 1. The van der Waals surface area contributed by atoms with Gasteiger partial charge in [-0.3, -0.25) is 9.59 Å². The third-order valence-corrected chi connectivity index (χ3v) is 6.18. The molecule has 1 saturated carbocycles. The number of aryl methyl sites for hydroxylation is 1. The first-order valence-electron chi connectivity index (χ1n) is 11.2. The molecule has 4 rings (SSSR count). The number of esters is 1. The van der Waals surface area contributed by atoms with Gasteiger partial charge in [0.15, 0.2) is 5.82 Å². The zero-order valence-electron chi connectivity index (χ0n) is 19.7. The fourth-order valence-electron chi connectivity index (χ4n) is 4.47. The predicted octanol–water partition coefficient (Wildman–Crippen LogP) is 3.31. The Morgan fingerprint density at radius 1 is 1.29 bits per heavy atom. The quantitative estimate of drug-likeness (QED) is 0.611. The number of halogens is 3. The summed E-state index contributed by atoms with van der Waals surface area (Å²) < 4.78 is 48.9. The molecule has 9 nitrogen and oxygen atoms in total. The predicted molar refractivity (Wildman–Crippen MR) is 119 cm³/mol. The third-order valence-electron chi connectivity index (χ3n) is 6.18. The third kappa shape index (κ3) is 5.30. The average Bonchev–Trinajstić information content (AvgIpc) is 2.72. The lowest BCUT2D eigenvalue weighted by Crippen LogP contribution is -2.53. The molecule has 0 unspecified atom stereocenters. The maximum Gasteiger partial charge on any atom is 0.433 e. The van der Waals surface area contributed by atoms with Gasteiger partial charge in [0.1, 0.15) is 35.1 Å². The van der Waals surface area contributed by atoms with Crippen molar-refractivity contribution in [3.63, 3.8) is 0 Å². The minimum atomic E-state index is -4.48. The maximum absolute atomic E-state index is 12.6. The Bertz CT molecular complexity index is 1120. The van der Waals surface area contributed by atoms with E-state index in [4.69, 9.17) is 9.47 Å². The molecule has 1 amide bonds. The van der Waals surface area contributed by atoms with E-state index in [9.17, 15) is 22.8 Å². The van der Waals surface area contributed by atoms with E-state index in [1.54, 1.807) is 25.8 Å². The van der Waals surface area contributed by atoms with Gasteiger partial charge in [0.2, 0.25) is 0 Å². The topological polar surface area (TPSA) is 107 Å². The second kappa shape index (κ2) is 9.31. The highest BCUT2D eigenvalue weighted by atomic mass is 19.4. The van der Waals surface area contributed by atoms with E-state index >= 15 is 0 Å². The van der Waals surface area contributed by atoms with Crippen molar-refractivity contribution < 1.29 is 32.2 Å². The number of carbonyl (C=O) groups excluding carboxylic acids is 2. The van der Waals surface area contributed by atoms with Crippen LogP contribution in [0.4, 0.5) is 24.7 Å². The standard InChI is InChI=1S/C23H26F3N5O4/c1-11-19-21(31(4)20(22(33)30-19)12(2)34-13(3)32)29-18(28-11)9-14-7-16(8-14)35-15-5-6-17(27-10-15)23(24,25)26/h5-6,10,12,14,16,20H,7-9H2,1-4H3,(H,30,33)/t12-,14?,16?,20-/m0/s1. The van der Waals surface area contributed by atoms with E-state index < -0.39 is 30.0 Å². The highest BCUT2D eigenvalue weighted by Crippen LogP contribution is 2.37. The van der Waals surface area contributed by atoms with Gasteiger partial charge in [-0.25, -0.2) is 15.0 Å². The molecule has 1 N–H and O–H groups in total. The van der Waals surface area contributed by atoms with Crippen LogP contribution in [0.1, 0.15) is 43.9 Å². The van der Waals surface area contributed by atoms with Crippen LogP contribution in [0.25, 0.3) is 0 Å². The molecule has 0 spiro atoms. The van der Waals surface area contributed by atoms with Gasteiger partial charge in [-0.2, -0.15) is 13.2 Å². The Hall–Kier alpha value is -3.44. The summed E-state index contributed by atoms with van der Waals surface area (Å²) in [5.74, 6) is 0.941. The molecule has 1 aliphatic carbocycles. The first-order valence-corrected chi connectivity index (χ1v) is 11.2. The highest BCUT2D eigenvalue weighted by Gasteiger charge is 2.39. The highest BCUT2D eigenvalue weighted by molar-refractivity contribution is 6.03. The normalized spacial score (nSPS) is 22.5. The summed E-state index contributed by atoms with van der Waals surface area (Å²) in [5.41, 5.74) is 0.200. The summed E-state index contributed by atoms with van der Waals surface area (Å²) in [7, 11) is 1.73. The number of ether oxygens (including phenoxy) is 2. The number of carbonyl (C=O) groups is 2. The number of likely N-dealkylation sites (N-methyl/N-ethyl adjacent to an activating group) is 1. The molecule has 3 heterocycles. The lowest BCUT2D eigenvalue weighted by molar-refractivity contribution is -0.147. The van der Waals surface area contributed by atoms with Crippen molar-refractivity contribution >= 4 is 23.4 Å². The van der Waals surface area contributed by atoms with E-state index in [1.807, 2.05) is 0 Å². The van der Waals surface area contributed by atoms with E-state index in [0.29, 0.717) is 48.0 Å². The van der Waals surface area contributed by atoms with Gasteiger partial charge < -0.3 is 19.7 Å². The van der Waals surface area contributed by atoms with Crippen molar-refractivity contribution in [3.05, 3.63) is 35.5 Å². The second-order valence-electron chi connectivity index (χ2n) is 8.94. The fourth-order valence-corrected chi connectivity index (χ4v) is 4.47. The summed E-state index contributed by atoms with van der Waals surface area (Å²) in [5, 5.41) is 2.83. The Morgan fingerprint density at radius 3 is 2.60 bits per heavy atom. The summed E-state index contributed by atoms with van der Waals surface area (Å²) >= 11 is 0. The molecule has 0 radical (unpaired) electrons. The molecule has 2 atom stereocenters. The summed E-state index contributed by atoms with van der Waals surface area (Å²) in [6, 6.07) is 1.45. The molecule has 0 aromatic carbocycles. The van der Waals surface area contributed by atoms with Crippen molar-refractivity contribution in [1.29, 1.82) is 0 Å². The lowest BCUT2D eigenvalue weighted by atomic mass is 9.80. The summed E-state index contributed by atoms with van der Waals surface area (Å²) in [4.78, 5) is 38.3. The fraction of sp³-hybridized carbons (Fsp3) is 0.522. The molecule has 0 saturated heterocycles. The van der Waals surface area contributed by atoms with Crippen LogP contribution < -0.4 is 15.0 Å².